The first-order valence-corrected chi connectivity index (χ1v) is 12.6. The van der Waals surface area contributed by atoms with Crippen molar-refractivity contribution in [1.29, 1.82) is 0 Å². The fourth-order valence-electron chi connectivity index (χ4n) is 4.26. The van der Waals surface area contributed by atoms with Gasteiger partial charge < -0.3 is 0 Å². The molecule has 1 aromatic heterocycles. The van der Waals surface area contributed by atoms with Crippen LogP contribution in [0.4, 0.5) is 4.39 Å². The lowest BCUT2D eigenvalue weighted by Crippen LogP contribution is -2.38. The third-order valence-electron chi connectivity index (χ3n) is 6.22. The summed E-state index contributed by atoms with van der Waals surface area (Å²) in [6, 6.07) is 11.3. The lowest BCUT2D eigenvalue weighted by atomic mass is 9.99. The first-order valence-electron chi connectivity index (χ1n) is 11.5. The summed E-state index contributed by atoms with van der Waals surface area (Å²) in [7, 11) is -1.81. The van der Waals surface area contributed by atoms with Crippen molar-refractivity contribution in [2.45, 2.75) is 61.8 Å². The SMILES string of the molecule is Cc1ccc(CC2CONC(c3nc(C)ncc3S(=O)c3cccc(C4CC4)c3F)=N2)c(C)c1. The Morgan fingerprint density at radius 1 is 1.15 bits per heavy atom. The molecule has 2 aromatic carbocycles. The summed E-state index contributed by atoms with van der Waals surface area (Å²) in [6.07, 6.45) is 4.13. The van der Waals surface area contributed by atoms with Gasteiger partial charge in [-0.1, -0.05) is 35.9 Å². The van der Waals surface area contributed by atoms with Crippen molar-refractivity contribution in [2.75, 3.05) is 6.61 Å². The second-order valence-electron chi connectivity index (χ2n) is 9.01. The van der Waals surface area contributed by atoms with E-state index in [-0.39, 0.29) is 16.9 Å². The molecule has 1 fully saturated rings. The van der Waals surface area contributed by atoms with Crippen molar-refractivity contribution >= 4 is 16.6 Å². The van der Waals surface area contributed by atoms with Crippen LogP contribution in [-0.4, -0.2) is 32.7 Å². The van der Waals surface area contributed by atoms with E-state index in [0.717, 1.165) is 12.8 Å². The quantitative estimate of drug-likeness (QED) is 0.565. The molecule has 0 amide bonds. The van der Waals surface area contributed by atoms with Crippen LogP contribution in [-0.2, 0) is 22.1 Å². The summed E-state index contributed by atoms with van der Waals surface area (Å²) in [5.41, 5.74) is 7.46. The second kappa shape index (κ2) is 9.35. The molecule has 3 aromatic rings. The third-order valence-corrected chi connectivity index (χ3v) is 7.63. The minimum absolute atomic E-state index is 0.135. The van der Waals surface area contributed by atoms with E-state index in [1.165, 1.54) is 22.9 Å². The molecule has 1 saturated carbocycles. The summed E-state index contributed by atoms with van der Waals surface area (Å²) >= 11 is 0. The summed E-state index contributed by atoms with van der Waals surface area (Å²) in [4.78, 5) is 19.7. The van der Waals surface area contributed by atoms with Crippen molar-refractivity contribution in [3.05, 3.63) is 82.2 Å². The van der Waals surface area contributed by atoms with Crippen LogP contribution >= 0.6 is 0 Å². The summed E-state index contributed by atoms with van der Waals surface area (Å²) in [6.45, 7) is 6.32. The highest BCUT2D eigenvalue weighted by Gasteiger charge is 2.30. The van der Waals surface area contributed by atoms with E-state index in [9.17, 15) is 4.21 Å². The molecule has 2 unspecified atom stereocenters. The fraction of sp³-hybridized carbons (Fsp3) is 0.346. The molecule has 34 heavy (non-hydrogen) atoms. The molecule has 2 atom stereocenters. The van der Waals surface area contributed by atoms with Gasteiger partial charge in [0.15, 0.2) is 5.84 Å². The Kier molecular flexibility index (Phi) is 6.27. The number of hydrogen-bond donors (Lipinski definition) is 1. The van der Waals surface area contributed by atoms with E-state index < -0.39 is 16.6 Å². The molecule has 0 bridgehead atoms. The van der Waals surface area contributed by atoms with Crippen molar-refractivity contribution in [1.82, 2.24) is 15.4 Å². The van der Waals surface area contributed by atoms with Crippen LogP contribution in [0.2, 0.25) is 0 Å². The van der Waals surface area contributed by atoms with Crippen molar-refractivity contribution in [3.63, 3.8) is 0 Å². The zero-order chi connectivity index (χ0) is 23.8. The van der Waals surface area contributed by atoms with Gasteiger partial charge in [-0.3, -0.25) is 9.83 Å². The molecular formula is C26H27FN4O2S. The predicted octanol–water partition coefficient (Wildman–Crippen LogP) is 4.48. The average molecular weight is 479 g/mol. The number of aromatic nitrogens is 2. The fourth-order valence-corrected chi connectivity index (χ4v) is 5.44. The van der Waals surface area contributed by atoms with E-state index in [1.807, 2.05) is 0 Å². The molecule has 0 radical (unpaired) electrons. The first-order chi connectivity index (χ1) is 16.4. The molecule has 0 spiro atoms. The number of amidine groups is 1. The van der Waals surface area contributed by atoms with Gasteiger partial charge in [-0.2, -0.15) is 0 Å². The van der Waals surface area contributed by atoms with Crippen LogP contribution in [0.3, 0.4) is 0 Å². The van der Waals surface area contributed by atoms with Gasteiger partial charge in [0.25, 0.3) is 0 Å². The molecular weight excluding hydrogens is 451 g/mol. The highest BCUT2D eigenvalue weighted by molar-refractivity contribution is 7.85. The lowest BCUT2D eigenvalue weighted by Gasteiger charge is -2.23. The average Bonchev–Trinajstić information content (AvgIpc) is 3.66. The standard InChI is InChI=1S/C26H27FN4O2S/c1-15-7-8-19(16(2)11-15)12-20-14-33-31-26(30-20)25-23(13-28-17(3)29-25)34(32)22-6-4-5-21(24(22)27)18-9-10-18/h4-8,11,13,18,20H,9-10,12,14H2,1-3H3,(H,30,31). The van der Waals surface area contributed by atoms with Crippen molar-refractivity contribution < 1.29 is 13.4 Å². The van der Waals surface area contributed by atoms with Crippen LogP contribution in [0.15, 0.2) is 57.4 Å². The molecule has 6 nitrogen and oxygen atoms in total. The Morgan fingerprint density at radius 2 is 1.97 bits per heavy atom. The maximum absolute atomic E-state index is 15.2. The summed E-state index contributed by atoms with van der Waals surface area (Å²) < 4.78 is 28.8. The third kappa shape index (κ3) is 4.65. The smallest absolute Gasteiger partial charge is 0.173 e. The first kappa shape index (κ1) is 22.8. The monoisotopic (exact) mass is 478 g/mol. The zero-order valence-corrected chi connectivity index (χ0v) is 20.3. The Balaban J connectivity index is 1.49. The highest BCUT2D eigenvalue weighted by Crippen LogP contribution is 2.42. The van der Waals surface area contributed by atoms with Gasteiger partial charge in [-0.05, 0) is 68.7 Å². The number of benzene rings is 2. The molecule has 0 saturated heterocycles. The minimum atomic E-state index is -1.81. The molecule has 8 heteroatoms. The molecule has 1 aliphatic heterocycles. The Morgan fingerprint density at radius 3 is 2.74 bits per heavy atom. The normalized spacial score (nSPS) is 18.8. The van der Waals surface area contributed by atoms with Gasteiger partial charge in [0, 0.05) is 6.20 Å². The topological polar surface area (TPSA) is 76.5 Å². The van der Waals surface area contributed by atoms with Gasteiger partial charge in [0.1, 0.15) is 17.3 Å². The molecule has 176 valence electrons. The van der Waals surface area contributed by atoms with E-state index in [1.54, 1.807) is 25.1 Å². The summed E-state index contributed by atoms with van der Waals surface area (Å²) in [5.74, 6) is 0.699. The summed E-state index contributed by atoms with van der Waals surface area (Å²) in [5, 5.41) is 0. The maximum Gasteiger partial charge on any atom is 0.173 e. The van der Waals surface area contributed by atoms with Gasteiger partial charge in [0.05, 0.1) is 33.2 Å². The van der Waals surface area contributed by atoms with Crippen LogP contribution in [0.25, 0.3) is 0 Å². The number of nitrogens with one attached hydrogen (secondary N) is 1. The molecule has 2 heterocycles. The van der Waals surface area contributed by atoms with E-state index in [0.29, 0.717) is 40.8 Å². The molecule has 1 N–H and O–H groups in total. The van der Waals surface area contributed by atoms with Gasteiger partial charge in [-0.25, -0.2) is 24.0 Å². The van der Waals surface area contributed by atoms with E-state index in [4.69, 9.17) is 9.83 Å². The second-order valence-corrected chi connectivity index (χ2v) is 10.4. The highest BCUT2D eigenvalue weighted by atomic mass is 32.2. The van der Waals surface area contributed by atoms with Crippen molar-refractivity contribution in [3.8, 4) is 0 Å². The lowest BCUT2D eigenvalue weighted by molar-refractivity contribution is 0.0621. The van der Waals surface area contributed by atoms with Gasteiger partial charge >= 0.3 is 0 Å². The minimum Gasteiger partial charge on any atom is -0.272 e. The number of aryl methyl sites for hydroxylation is 3. The molecule has 2 aliphatic rings. The Labute approximate surface area is 201 Å². The van der Waals surface area contributed by atoms with Crippen molar-refractivity contribution in [2.24, 2.45) is 4.99 Å². The number of nitrogens with zero attached hydrogens (tertiary/aromatic N) is 3. The van der Waals surface area contributed by atoms with Crippen LogP contribution in [0.1, 0.15) is 52.5 Å². The largest absolute Gasteiger partial charge is 0.272 e. The van der Waals surface area contributed by atoms with Crippen LogP contribution < -0.4 is 5.48 Å². The Hall–Kier alpha value is -2.97. The van der Waals surface area contributed by atoms with Crippen LogP contribution in [0.5, 0.6) is 0 Å². The zero-order valence-electron chi connectivity index (χ0n) is 19.5. The number of rotatable bonds is 6. The van der Waals surface area contributed by atoms with Crippen LogP contribution in [0, 0.1) is 26.6 Å². The number of aliphatic imine (C=N–C) groups is 1. The van der Waals surface area contributed by atoms with E-state index >= 15 is 4.39 Å². The van der Waals surface area contributed by atoms with E-state index in [2.05, 4.69) is 47.5 Å². The van der Waals surface area contributed by atoms with Gasteiger partial charge in [-0.15, -0.1) is 0 Å². The molecule has 1 aliphatic carbocycles. The Bertz CT molecular complexity index is 1310. The molecule has 5 rings (SSSR count). The predicted molar refractivity (Wildman–Crippen MR) is 129 cm³/mol. The maximum atomic E-state index is 15.2. The number of hydrogen-bond acceptors (Lipinski definition) is 6. The number of hydroxylamine groups is 1. The number of halogens is 1. The van der Waals surface area contributed by atoms with Gasteiger partial charge in [0.2, 0.25) is 0 Å².